The fourth-order valence-corrected chi connectivity index (χ4v) is 3.69. The number of carbonyl (C=O) groups excluding carboxylic acids is 2. The van der Waals surface area contributed by atoms with E-state index in [1.165, 1.54) is 12.3 Å². The zero-order valence-electron chi connectivity index (χ0n) is 22.7. The molecule has 0 saturated carbocycles. The molecule has 1 aromatic carbocycles. The summed E-state index contributed by atoms with van der Waals surface area (Å²) in [6, 6.07) is 8.80. The van der Waals surface area contributed by atoms with Crippen LogP contribution in [0.2, 0.25) is 0 Å². The number of hydrogen-bond donors (Lipinski definition) is 5. The van der Waals surface area contributed by atoms with Crippen molar-refractivity contribution in [3.8, 4) is 11.5 Å². The molecule has 11 nitrogen and oxygen atoms in total. The Balaban J connectivity index is 1.61. The van der Waals surface area contributed by atoms with Gasteiger partial charge in [-0.25, -0.2) is 4.98 Å². The summed E-state index contributed by atoms with van der Waals surface area (Å²) >= 11 is 0. The van der Waals surface area contributed by atoms with Gasteiger partial charge in [-0.15, -0.1) is 0 Å². The van der Waals surface area contributed by atoms with Crippen LogP contribution in [-0.2, 0) is 17.6 Å². The number of alkyl halides is 3. The first-order chi connectivity index (χ1) is 19.6. The average molecular weight is 576 g/mol. The van der Waals surface area contributed by atoms with Crippen molar-refractivity contribution in [3.63, 3.8) is 0 Å². The SMILES string of the molecule is C=CC(=O)Nc1cc(NCCNCCC(F)(F)F)cnc1C(=O)Nc1cc(CCc2cc(OC)cc(OC)c2)[nH]n1. The molecule has 0 aliphatic carbocycles. The third-order valence-corrected chi connectivity index (χ3v) is 5.73. The Labute approximate surface area is 234 Å². The van der Waals surface area contributed by atoms with Crippen LogP contribution in [0.25, 0.3) is 0 Å². The van der Waals surface area contributed by atoms with E-state index in [0.717, 1.165) is 17.3 Å². The number of rotatable bonds is 15. The smallest absolute Gasteiger partial charge is 0.390 e. The van der Waals surface area contributed by atoms with Crippen LogP contribution in [0.5, 0.6) is 11.5 Å². The molecule has 0 unspecified atom stereocenters. The number of aryl methyl sites for hydroxylation is 2. The number of carbonyl (C=O) groups is 2. The van der Waals surface area contributed by atoms with Crippen molar-refractivity contribution in [2.24, 2.45) is 0 Å². The third kappa shape index (κ3) is 10.1. The van der Waals surface area contributed by atoms with Gasteiger partial charge in [0.05, 0.1) is 38.2 Å². The molecule has 0 radical (unpaired) electrons. The summed E-state index contributed by atoms with van der Waals surface area (Å²) in [7, 11) is 3.17. The molecule has 0 aliphatic heterocycles. The van der Waals surface area contributed by atoms with Crippen molar-refractivity contribution in [1.29, 1.82) is 0 Å². The highest BCUT2D eigenvalue weighted by atomic mass is 19.4. The van der Waals surface area contributed by atoms with E-state index in [0.29, 0.717) is 36.6 Å². The number of aromatic amines is 1. The lowest BCUT2D eigenvalue weighted by molar-refractivity contribution is -0.133. The number of methoxy groups -OCH3 is 2. The Morgan fingerprint density at radius 3 is 2.39 bits per heavy atom. The lowest BCUT2D eigenvalue weighted by atomic mass is 10.1. The second kappa shape index (κ2) is 14.7. The van der Waals surface area contributed by atoms with Crippen molar-refractivity contribution in [2.45, 2.75) is 25.4 Å². The predicted molar refractivity (Wildman–Crippen MR) is 149 cm³/mol. The minimum atomic E-state index is -4.22. The third-order valence-electron chi connectivity index (χ3n) is 5.73. The van der Waals surface area contributed by atoms with Crippen LogP contribution in [0, 0.1) is 0 Å². The number of amides is 2. The average Bonchev–Trinajstić information content (AvgIpc) is 3.39. The highest BCUT2D eigenvalue weighted by Gasteiger charge is 2.25. The minimum Gasteiger partial charge on any atom is -0.497 e. The molecule has 5 N–H and O–H groups in total. The number of aromatic nitrogens is 3. The van der Waals surface area contributed by atoms with Crippen LogP contribution in [0.1, 0.15) is 28.2 Å². The summed E-state index contributed by atoms with van der Waals surface area (Å²) < 4.78 is 47.3. The second-order valence-electron chi connectivity index (χ2n) is 8.81. The van der Waals surface area contributed by atoms with Gasteiger partial charge >= 0.3 is 6.18 Å². The van der Waals surface area contributed by atoms with E-state index < -0.39 is 24.4 Å². The number of ether oxygens (including phenoxy) is 2. The molecule has 0 atom stereocenters. The van der Waals surface area contributed by atoms with Crippen molar-refractivity contribution in [1.82, 2.24) is 20.5 Å². The van der Waals surface area contributed by atoms with Gasteiger partial charge in [-0.2, -0.15) is 18.3 Å². The quantitative estimate of drug-likeness (QED) is 0.136. The Hall–Kier alpha value is -4.59. The first kappa shape index (κ1) is 30.9. The predicted octanol–water partition coefficient (Wildman–Crippen LogP) is 3.94. The Morgan fingerprint density at radius 2 is 1.73 bits per heavy atom. The number of nitrogens with one attached hydrogen (secondary N) is 5. The van der Waals surface area contributed by atoms with Gasteiger partial charge in [0.2, 0.25) is 5.91 Å². The van der Waals surface area contributed by atoms with Gasteiger partial charge in [0, 0.05) is 37.5 Å². The normalized spacial score (nSPS) is 11.0. The zero-order valence-corrected chi connectivity index (χ0v) is 22.7. The molecule has 2 aromatic heterocycles. The summed E-state index contributed by atoms with van der Waals surface area (Å²) in [5.74, 6) is 0.469. The van der Waals surface area contributed by atoms with Crippen LogP contribution < -0.4 is 30.7 Å². The van der Waals surface area contributed by atoms with E-state index in [2.05, 4.69) is 43.0 Å². The minimum absolute atomic E-state index is 0.0675. The molecule has 3 aromatic rings. The maximum absolute atomic E-state index is 13.0. The maximum Gasteiger partial charge on any atom is 0.390 e. The van der Waals surface area contributed by atoms with E-state index in [1.54, 1.807) is 26.4 Å². The number of H-pyrrole nitrogens is 1. The van der Waals surface area contributed by atoms with Gasteiger partial charge in [0.1, 0.15) is 11.5 Å². The topological polar surface area (TPSA) is 142 Å². The number of pyridine rings is 1. The van der Waals surface area contributed by atoms with Crippen LogP contribution >= 0.6 is 0 Å². The Bertz CT molecular complexity index is 1320. The highest BCUT2D eigenvalue weighted by Crippen LogP contribution is 2.24. The van der Waals surface area contributed by atoms with Gasteiger partial charge in [-0.1, -0.05) is 6.58 Å². The standard InChI is InChI=1S/C27H32F3N7O4/c1-4-24(38)34-22-13-19(32-10-9-31-8-7-27(28,29)30)16-33-25(22)26(39)35-23-14-18(36-37-23)6-5-17-11-20(40-2)15-21(12-17)41-3/h4,11-16,31-32H,1,5-10H2,2-3H3,(H,34,38)(H2,35,36,37,39). The van der Waals surface area contributed by atoms with Crippen LogP contribution in [0.15, 0.2) is 49.2 Å². The van der Waals surface area contributed by atoms with Crippen molar-refractivity contribution >= 4 is 29.0 Å². The largest absolute Gasteiger partial charge is 0.497 e. The second-order valence-corrected chi connectivity index (χ2v) is 8.81. The first-order valence-corrected chi connectivity index (χ1v) is 12.6. The molecule has 0 fully saturated rings. The number of nitrogens with zero attached hydrogens (tertiary/aromatic N) is 2. The summed E-state index contributed by atoms with van der Waals surface area (Å²) in [6.07, 6.45) is -1.46. The fraction of sp³-hybridized carbons (Fsp3) is 0.333. The van der Waals surface area contributed by atoms with Crippen LogP contribution in [0.3, 0.4) is 0 Å². The summed E-state index contributed by atoms with van der Waals surface area (Å²) in [5, 5.41) is 17.9. The molecule has 220 valence electrons. The van der Waals surface area contributed by atoms with E-state index in [-0.39, 0.29) is 30.3 Å². The molecular weight excluding hydrogens is 543 g/mol. The molecule has 2 amide bonds. The molecule has 0 aliphatic rings. The molecule has 0 bridgehead atoms. The van der Waals surface area contributed by atoms with Gasteiger partial charge in [-0.3, -0.25) is 14.7 Å². The monoisotopic (exact) mass is 575 g/mol. The van der Waals surface area contributed by atoms with Crippen LogP contribution in [-0.4, -0.2) is 67.0 Å². The van der Waals surface area contributed by atoms with Gasteiger partial charge in [-0.05, 0) is 42.7 Å². The van der Waals surface area contributed by atoms with Crippen LogP contribution in [0.4, 0.5) is 30.4 Å². The Morgan fingerprint density at radius 1 is 1.00 bits per heavy atom. The molecule has 0 spiro atoms. The first-order valence-electron chi connectivity index (χ1n) is 12.6. The number of benzene rings is 1. The number of halogens is 3. The zero-order chi connectivity index (χ0) is 29.8. The van der Waals surface area contributed by atoms with Crippen molar-refractivity contribution in [2.75, 3.05) is 49.8 Å². The summed E-state index contributed by atoms with van der Waals surface area (Å²) in [5.41, 5.74) is 2.28. The molecule has 41 heavy (non-hydrogen) atoms. The molecule has 3 rings (SSSR count). The lowest BCUT2D eigenvalue weighted by Gasteiger charge is -2.13. The maximum atomic E-state index is 13.0. The number of anilines is 3. The van der Waals surface area contributed by atoms with E-state index in [1.807, 2.05) is 12.1 Å². The summed E-state index contributed by atoms with van der Waals surface area (Å²) in [4.78, 5) is 29.1. The van der Waals surface area contributed by atoms with Gasteiger partial charge in [0.25, 0.3) is 5.91 Å². The van der Waals surface area contributed by atoms with Crippen molar-refractivity contribution < 1.29 is 32.2 Å². The molecule has 14 heteroatoms. The molecule has 2 heterocycles. The number of hydrogen-bond acceptors (Lipinski definition) is 8. The highest BCUT2D eigenvalue weighted by molar-refractivity contribution is 6.10. The lowest BCUT2D eigenvalue weighted by Crippen LogP contribution is -2.26. The molecular formula is C27H32F3N7O4. The van der Waals surface area contributed by atoms with E-state index in [4.69, 9.17) is 9.47 Å². The Kier molecular flexibility index (Phi) is 11.1. The van der Waals surface area contributed by atoms with Gasteiger partial charge < -0.3 is 30.7 Å². The van der Waals surface area contributed by atoms with E-state index in [9.17, 15) is 22.8 Å². The van der Waals surface area contributed by atoms with E-state index >= 15 is 0 Å². The summed E-state index contributed by atoms with van der Waals surface area (Å²) in [6.45, 7) is 3.77. The fourth-order valence-electron chi connectivity index (χ4n) is 3.69. The molecule has 0 saturated heterocycles. The van der Waals surface area contributed by atoms with Gasteiger partial charge in [0.15, 0.2) is 11.5 Å². The van der Waals surface area contributed by atoms with Crippen molar-refractivity contribution in [3.05, 3.63) is 66.1 Å².